The zero-order chi connectivity index (χ0) is 30.7. The first-order chi connectivity index (χ1) is 19.4. The van der Waals surface area contributed by atoms with Gasteiger partial charge in [0.1, 0.15) is 18.1 Å². The number of nitrogens with zero attached hydrogens (tertiary/aromatic N) is 1. The maximum atomic E-state index is 13.6. The van der Waals surface area contributed by atoms with Gasteiger partial charge in [0.05, 0.1) is 18.8 Å². The van der Waals surface area contributed by atoms with Crippen LogP contribution in [0.25, 0.3) is 0 Å². The molecular formula is C29H48BN5O6. The predicted molar refractivity (Wildman–Crippen MR) is 159 cm³/mol. The molecule has 6 N–H and O–H groups in total. The zero-order valence-corrected chi connectivity index (χ0v) is 25.2. The second-order valence-corrected chi connectivity index (χ2v) is 11.9. The van der Waals surface area contributed by atoms with Gasteiger partial charge in [0, 0.05) is 19.0 Å². The summed E-state index contributed by atoms with van der Waals surface area (Å²) in [5.74, 6) is -1.65. The van der Waals surface area contributed by atoms with Gasteiger partial charge >= 0.3 is 0 Å². The number of carbonyl (C=O) groups is 4. The van der Waals surface area contributed by atoms with E-state index in [9.17, 15) is 29.4 Å². The molecule has 11 nitrogen and oxygen atoms in total. The van der Waals surface area contributed by atoms with E-state index in [4.69, 9.17) is 0 Å². The molecule has 228 valence electrons. The molecule has 41 heavy (non-hydrogen) atoms. The van der Waals surface area contributed by atoms with Crippen molar-refractivity contribution in [2.45, 2.75) is 96.6 Å². The monoisotopic (exact) mass is 573 g/mol. The van der Waals surface area contributed by atoms with Gasteiger partial charge in [0.2, 0.25) is 23.6 Å². The normalized spacial score (nSPS) is 19.9. The summed E-state index contributed by atoms with van der Waals surface area (Å²) in [5.41, 5.74) is 0.812. The second kappa shape index (κ2) is 16.5. The van der Waals surface area contributed by atoms with Crippen molar-refractivity contribution >= 4 is 31.6 Å². The van der Waals surface area contributed by atoms with Crippen molar-refractivity contribution in [2.24, 2.45) is 11.8 Å². The van der Waals surface area contributed by atoms with Crippen LogP contribution in [0.15, 0.2) is 30.3 Å². The Kier molecular flexibility index (Phi) is 13.8. The van der Waals surface area contributed by atoms with Crippen LogP contribution in [0.4, 0.5) is 0 Å². The van der Waals surface area contributed by atoms with E-state index in [1.165, 1.54) is 7.98 Å². The maximum absolute atomic E-state index is 13.6. The highest BCUT2D eigenvalue weighted by atomic mass is 16.3. The molecule has 6 atom stereocenters. The van der Waals surface area contributed by atoms with Crippen LogP contribution in [-0.4, -0.2) is 96.2 Å². The third-order valence-electron chi connectivity index (χ3n) is 7.26. The first-order valence-corrected chi connectivity index (χ1v) is 14.6. The summed E-state index contributed by atoms with van der Waals surface area (Å²) in [6.07, 6.45) is 0.799. The van der Waals surface area contributed by atoms with E-state index < -0.39 is 54.6 Å². The van der Waals surface area contributed by atoms with Crippen LogP contribution in [0.1, 0.15) is 59.4 Å². The van der Waals surface area contributed by atoms with Crippen LogP contribution >= 0.6 is 0 Å². The van der Waals surface area contributed by atoms with E-state index in [1.54, 1.807) is 4.90 Å². The number of aliphatic hydroxyl groups excluding tert-OH is 2. The first-order valence-electron chi connectivity index (χ1n) is 14.6. The number of β-amino-alcohol motifs (C(OH)–C–C–N with tert-alkyl or cyclic N) is 1. The van der Waals surface area contributed by atoms with Gasteiger partial charge in [0.15, 0.2) is 7.98 Å². The fourth-order valence-electron chi connectivity index (χ4n) is 5.09. The molecule has 1 aliphatic rings. The molecule has 0 bridgehead atoms. The van der Waals surface area contributed by atoms with Gasteiger partial charge in [0.25, 0.3) is 0 Å². The lowest BCUT2D eigenvalue weighted by molar-refractivity contribution is -0.139. The fourth-order valence-corrected chi connectivity index (χ4v) is 5.09. The van der Waals surface area contributed by atoms with Crippen LogP contribution in [0.3, 0.4) is 0 Å². The Morgan fingerprint density at radius 1 is 0.878 bits per heavy atom. The van der Waals surface area contributed by atoms with E-state index in [0.29, 0.717) is 19.3 Å². The highest BCUT2D eigenvalue weighted by Gasteiger charge is 2.37. The predicted octanol–water partition coefficient (Wildman–Crippen LogP) is -0.744. The molecule has 1 aromatic rings. The number of benzene rings is 1. The molecule has 1 aliphatic heterocycles. The molecule has 4 amide bonds. The Morgan fingerprint density at radius 2 is 1.39 bits per heavy atom. The van der Waals surface area contributed by atoms with Crippen LogP contribution in [0.2, 0.25) is 0 Å². The molecule has 1 heterocycles. The minimum absolute atomic E-state index is 0.0456. The van der Waals surface area contributed by atoms with Crippen molar-refractivity contribution < 1.29 is 29.4 Å². The molecule has 2 rings (SSSR count). The number of hydrogen-bond acceptors (Lipinski definition) is 7. The van der Waals surface area contributed by atoms with Gasteiger partial charge in [-0.25, -0.2) is 0 Å². The molecule has 0 aliphatic carbocycles. The first kappa shape index (κ1) is 34.2. The average Bonchev–Trinajstić information content (AvgIpc) is 3.25. The van der Waals surface area contributed by atoms with Gasteiger partial charge in [-0.1, -0.05) is 58.0 Å². The van der Waals surface area contributed by atoms with Gasteiger partial charge in [-0.2, -0.15) is 0 Å². The summed E-state index contributed by atoms with van der Waals surface area (Å²) in [6.45, 7) is 9.43. The van der Waals surface area contributed by atoms with E-state index in [0.717, 1.165) is 5.56 Å². The highest BCUT2D eigenvalue weighted by Crippen LogP contribution is 2.20. The molecule has 0 aromatic heterocycles. The van der Waals surface area contributed by atoms with Gasteiger partial charge in [-0.3, -0.25) is 19.2 Å². The topological polar surface area (TPSA) is 160 Å². The molecule has 1 fully saturated rings. The molecule has 0 radical (unpaired) electrons. The number of nitrogens with one attached hydrogen (secondary N) is 4. The fraction of sp³-hybridized carbons (Fsp3) is 0.655. The van der Waals surface area contributed by atoms with Crippen molar-refractivity contribution in [1.29, 1.82) is 0 Å². The van der Waals surface area contributed by atoms with Crippen LogP contribution < -0.4 is 21.2 Å². The van der Waals surface area contributed by atoms with E-state index in [2.05, 4.69) is 21.2 Å². The van der Waals surface area contributed by atoms with Crippen LogP contribution in [0.5, 0.6) is 0 Å². The summed E-state index contributed by atoms with van der Waals surface area (Å²) < 4.78 is 0. The smallest absolute Gasteiger partial charge is 0.245 e. The Hall–Kier alpha value is -2.96. The average molecular weight is 574 g/mol. The third-order valence-corrected chi connectivity index (χ3v) is 7.26. The molecule has 0 saturated carbocycles. The number of aliphatic hydroxyl groups is 2. The number of carbonyl (C=O) groups excluding carboxylic acids is 4. The Balaban J connectivity index is 2.25. The number of hydrogen-bond donors (Lipinski definition) is 6. The standard InChI is InChI=1S/C29H48BN5O6/c1-17(2)11-22(26(38)33-24(12-18(3)4)29(41)35-15-21(37)13-19(35)5)31-27(39)23(14-20-9-7-6-8-10-20)32-28(40)25(16-36)34-30/h6-10,17-19,21-25,34,36-37H,11-16,30H2,1-5H3,(H,31,39)(H,32,40)(H,33,38)/t19-,21-,22-,23+,24+,25-/m1/s1. The quantitative estimate of drug-likeness (QED) is 0.151. The largest absolute Gasteiger partial charge is 0.394 e. The van der Waals surface area contributed by atoms with Crippen molar-refractivity contribution in [3.05, 3.63) is 35.9 Å². The molecule has 12 heteroatoms. The summed E-state index contributed by atoms with van der Waals surface area (Å²) in [4.78, 5) is 55.0. The molecule has 0 unspecified atom stereocenters. The third kappa shape index (κ3) is 10.8. The number of rotatable bonds is 15. The molecule has 0 spiro atoms. The minimum Gasteiger partial charge on any atom is -0.394 e. The minimum atomic E-state index is -1.00. The summed E-state index contributed by atoms with van der Waals surface area (Å²) in [5, 5.41) is 30.7. The van der Waals surface area contributed by atoms with Crippen molar-refractivity contribution in [3.8, 4) is 0 Å². The van der Waals surface area contributed by atoms with Crippen molar-refractivity contribution in [2.75, 3.05) is 13.2 Å². The summed E-state index contributed by atoms with van der Waals surface area (Å²) in [7, 11) is 1.54. The number of amides is 4. The van der Waals surface area contributed by atoms with Crippen LogP contribution in [-0.2, 0) is 25.6 Å². The lowest BCUT2D eigenvalue weighted by Gasteiger charge is -2.30. The van der Waals surface area contributed by atoms with E-state index in [1.807, 2.05) is 65.0 Å². The second-order valence-electron chi connectivity index (χ2n) is 11.9. The lowest BCUT2D eigenvalue weighted by Crippen LogP contribution is -2.59. The van der Waals surface area contributed by atoms with Crippen molar-refractivity contribution in [1.82, 2.24) is 26.1 Å². The highest BCUT2D eigenvalue weighted by molar-refractivity contribution is 6.07. The zero-order valence-electron chi connectivity index (χ0n) is 25.2. The maximum Gasteiger partial charge on any atom is 0.245 e. The van der Waals surface area contributed by atoms with Crippen LogP contribution in [0, 0.1) is 11.8 Å². The van der Waals surface area contributed by atoms with Gasteiger partial charge in [-0.05, 0) is 43.6 Å². The van der Waals surface area contributed by atoms with E-state index in [-0.39, 0.29) is 36.8 Å². The molecule has 1 aromatic carbocycles. The number of likely N-dealkylation sites (tertiary alicyclic amines) is 1. The summed E-state index contributed by atoms with van der Waals surface area (Å²) >= 11 is 0. The lowest BCUT2D eigenvalue weighted by atomic mass is 9.98. The Labute approximate surface area is 244 Å². The molecular weight excluding hydrogens is 525 g/mol. The van der Waals surface area contributed by atoms with Gasteiger partial charge < -0.3 is 36.3 Å². The SMILES string of the molecule is BN[C@H](CO)C(=O)N[C@@H](Cc1ccccc1)C(=O)N[C@H](CC(C)C)C(=O)N[C@@H](CC(C)C)C(=O)N1C[C@H](O)C[C@H]1C. The van der Waals surface area contributed by atoms with Gasteiger partial charge in [-0.15, -0.1) is 0 Å². The Morgan fingerprint density at radius 3 is 1.90 bits per heavy atom. The van der Waals surface area contributed by atoms with E-state index >= 15 is 0 Å². The molecule has 1 saturated heterocycles. The summed E-state index contributed by atoms with van der Waals surface area (Å²) in [6, 6.07) is 5.39. The van der Waals surface area contributed by atoms with Crippen molar-refractivity contribution in [3.63, 3.8) is 0 Å². The Bertz CT molecular complexity index is 1010.